The van der Waals surface area contributed by atoms with E-state index in [-0.39, 0.29) is 36.6 Å². The maximum atomic E-state index is 12.6. The zero-order valence-corrected chi connectivity index (χ0v) is 15.2. The number of sulfone groups is 1. The van der Waals surface area contributed by atoms with E-state index in [2.05, 4.69) is 4.98 Å². The van der Waals surface area contributed by atoms with E-state index in [9.17, 15) is 13.2 Å². The lowest BCUT2D eigenvalue weighted by Crippen LogP contribution is -2.36. The van der Waals surface area contributed by atoms with E-state index in [1.165, 1.54) is 11.3 Å². The third kappa shape index (κ3) is 3.09. The number of benzene rings is 1. The number of amides is 1. The van der Waals surface area contributed by atoms with Gasteiger partial charge in [-0.1, -0.05) is 30.3 Å². The molecule has 0 unspecified atom stereocenters. The number of likely N-dealkylation sites (tertiary alicyclic amines) is 1. The molecule has 4 rings (SSSR count). The van der Waals surface area contributed by atoms with E-state index in [0.717, 1.165) is 16.3 Å². The van der Waals surface area contributed by atoms with Crippen molar-refractivity contribution in [3.05, 3.63) is 41.4 Å². The van der Waals surface area contributed by atoms with Crippen LogP contribution in [0.4, 0.5) is 0 Å². The maximum absolute atomic E-state index is 12.6. The number of rotatable bonds is 3. The minimum atomic E-state index is -3.18. The summed E-state index contributed by atoms with van der Waals surface area (Å²) < 4.78 is 24.2. The zero-order chi connectivity index (χ0) is 17.6. The summed E-state index contributed by atoms with van der Waals surface area (Å²) in [4.78, 5) is 18.7. The molecule has 1 amide bonds. The number of fused-ring (bicyclic) bond motifs is 1. The molecule has 8 heteroatoms. The van der Waals surface area contributed by atoms with Gasteiger partial charge in [0.1, 0.15) is 5.01 Å². The van der Waals surface area contributed by atoms with Crippen molar-refractivity contribution in [3.8, 4) is 10.6 Å². The van der Waals surface area contributed by atoms with Gasteiger partial charge in [0.2, 0.25) is 5.91 Å². The lowest BCUT2D eigenvalue weighted by atomic mass is 10.0. The summed E-state index contributed by atoms with van der Waals surface area (Å²) in [6, 6.07) is 9.46. The predicted molar refractivity (Wildman–Crippen MR) is 96.9 cm³/mol. The molecule has 6 nitrogen and oxygen atoms in total. The normalized spacial score (nSPS) is 27.4. The second kappa shape index (κ2) is 6.19. The van der Waals surface area contributed by atoms with E-state index < -0.39 is 15.1 Å². The van der Waals surface area contributed by atoms with Crippen molar-refractivity contribution in [2.75, 3.05) is 18.8 Å². The standard InChI is InChI=1S/C17H19N3O3S2/c18-14-10-25(22,23)15-8-20(7-13(14)15)16(21)6-12-9-24-17(19-12)11-4-2-1-3-5-11/h1-5,9,13-15H,6-8,10,18H2/t13-,14+,15-/m0/s1. The molecule has 2 fully saturated rings. The molecule has 25 heavy (non-hydrogen) atoms. The van der Waals surface area contributed by atoms with Crippen molar-refractivity contribution in [2.45, 2.75) is 17.7 Å². The highest BCUT2D eigenvalue weighted by Gasteiger charge is 2.51. The second-order valence-corrected chi connectivity index (χ2v) is 9.80. The minimum Gasteiger partial charge on any atom is -0.341 e. The van der Waals surface area contributed by atoms with Gasteiger partial charge in [-0.25, -0.2) is 13.4 Å². The SMILES string of the molecule is N[C@@H]1CS(=O)(=O)[C@H]2CN(C(=O)Cc3csc(-c4ccccc4)n3)C[C@@H]12. The maximum Gasteiger partial charge on any atom is 0.228 e. The van der Waals surface area contributed by atoms with Crippen LogP contribution in [0.2, 0.25) is 0 Å². The lowest BCUT2D eigenvalue weighted by Gasteiger charge is -2.18. The smallest absolute Gasteiger partial charge is 0.228 e. The Morgan fingerprint density at radius 1 is 1.28 bits per heavy atom. The van der Waals surface area contributed by atoms with E-state index >= 15 is 0 Å². The Balaban J connectivity index is 1.45. The van der Waals surface area contributed by atoms with Gasteiger partial charge in [0, 0.05) is 36.0 Å². The van der Waals surface area contributed by atoms with Gasteiger partial charge in [0.15, 0.2) is 9.84 Å². The molecule has 0 saturated carbocycles. The molecule has 2 aromatic rings. The van der Waals surface area contributed by atoms with Gasteiger partial charge < -0.3 is 10.6 Å². The Hall–Kier alpha value is -1.77. The van der Waals surface area contributed by atoms with Crippen molar-refractivity contribution < 1.29 is 13.2 Å². The van der Waals surface area contributed by atoms with E-state index in [1.54, 1.807) is 4.90 Å². The average molecular weight is 377 g/mol. The molecule has 132 valence electrons. The van der Waals surface area contributed by atoms with Crippen molar-refractivity contribution >= 4 is 27.1 Å². The molecule has 0 radical (unpaired) electrons. The van der Waals surface area contributed by atoms with Gasteiger partial charge in [0.25, 0.3) is 0 Å². The first-order valence-electron chi connectivity index (χ1n) is 8.19. The number of nitrogens with two attached hydrogens (primary N) is 1. The molecule has 1 aromatic carbocycles. The quantitative estimate of drug-likeness (QED) is 0.859. The molecule has 1 aromatic heterocycles. The summed E-state index contributed by atoms with van der Waals surface area (Å²) in [7, 11) is -3.18. The Morgan fingerprint density at radius 3 is 2.76 bits per heavy atom. The summed E-state index contributed by atoms with van der Waals surface area (Å²) in [5.74, 6) is -0.178. The molecule has 3 atom stereocenters. The van der Waals surface area contributed by atoms with Crippen molar-refractivity contribution in [1.29, 1.82) is 0 Å². The van der Waals surface area contributed by atoms with Crippen LogP contribution in [-0.4, -0.2) is 54.3 Å². The summed E-state index contributed by atoms with van der Waals surface area (Å²) in [6.45, 7) is 0.689. The number of carbonyl (C=O) groups is 1. The van der Waals surface area contributed by atoms with Crippen LogP contribution in [0.25, 0.3) is 10.6 Å². The highest BCUT2D eigenvalue weighted by molar-refractivity contribution is 7.92. The van der Waals surface area contributed by atoms with Gasteiger partial charge in [-0.2, -0.15) is 0 Å². The van der Waals surface area contributed by atoms with Crippen LogP contribution in [0.3, 0.4) is 0 Å². The van der Waals surface area contributed by atoms with Gasteiger partial charge in [-0.15, -0.1) is 11.3 Å². The molecular formula is C17H19N3O3S2. The minimum absolute atomic E-state index is 0.0386. The number of nitrogens with zero attached hydrogens (tertiary/aromatic N) is 2. The van der Waals surface area contributed by atoms with E-state index in [4.69, 9.17) is 5.73 Å². The zero-order valence-electron chi connectivity index (χ0n) is 13.5. The second-order valence-electron chi connectivity index (χ2n) is 6.68. The van der Waals surface area contributed by atoms with Crippen LogP contribution in [0, 0.1) is 5.92 Å². The van der Waals surface area contributed by atoms with Gasteiger partial charge in [0.05, 0.1) is 23.1 Å². The Labute approximate surface area is 150 Å². The molecule has 2 aliphatic rings. The van der Waals surface area contributed by atoms with Gasteiger partial charge in [-0.05, 0) is 0 Å². The number of hydrogen-bond acceptors (Lipinski definition) is 6. The fourth-order valence-corrected chi connectivity index (χ4v) is 6.76. The lowest BCUT2D eigenvalue weighted by molar-refractivity contribution is -0.129. The highest BCUT2D eigenvalue weighted by Crippen LogP contribution is 2.33. The molecule has 2 aliphatic heterocycles. The summed E-state index contributed by atoms with van der Waals surface area (Å²) in [5.41, 5.74) is 7.70. The van der Waals surface area contributed by atoms with Crippen LogP contribution >= 0.6 is 11.3 Å². The van der Waals surface area contributed by atoms with Crippen LogP contribution in [0.5, 0.6) is 0 Å². The Bertz CT molecular complexity index is 895. The fourth-order valence-electron chi connectivity index (χ4n) is 3.68. The Kier molecular flexibility index (Phi) is 4.13. The molecule has 0 spiro atoms. The third-order valence-corrected chi connectivity index (χ3v) is 8.21. The molecule has 0 aliphatic carbocycles. The summed E-state index contributed by atoms with van der Waals surface area (Å²) in [6.07, 6.45) is 0.193. The van der Waals surface area contributed by atoms with Crippen molar-refractivity contribution in [3.63, 3.8) is 0 Å². The first kappa shape index (κ1) is 16.7. The molecular weight excluding hydrogens is 358 g/mol. The van der Waals surface area contributed by atoms with Gasteiger partial charge >= 0.3 is 0 Å². The number of aromatic nitrogens is 1. The van der Waals surface area contributed by atoms with Crippen LogP contribution < -0.4 is 5.73 Å². The van der Waals surface area contributed by atoms with Crippen molar-refractivity contribution in [1.82, 2.24) is 9.88 Å². The fraction of sp³-hybridized carbons (Fsp3) is 0.412. The average Bonchev–Trinajstić information content (AvgIpc) is 3.26. The molecule has 2 saturated heterocycles. The van der Waals surface area contributed by atoms with Crippen LogP contribution in [0.1, 0.15) is 5.69 Å². The number of hydrogen-bond donors (Lipinski definition) is 1. The first-order chi connectivity index (χ1) is 11.9. The Morgan fingerprint density at radius 2 is 2.04 bits per heavy atom. The third-order valence-electron chi connectivity index (χ3n) is 5.00. The van der Waals surface area contributed by atoms with E-state index in [1.807, 2.05) is 35.7 Å². The van der Waals surface area contributed by atoms with Crippen LogP contribution in [0.15, 0.2) is 35.7 Å². The molecule has 3 heterocycles. The number of thiazole rings is 1. The first-order valence-corrected chi connectivity index (χ1v) is 10.8. The molecule has 2 N–H and O–H groups in total. The monoisotopic (exact) mass is 377 g/mol. The highest BCUT2D eigenvalue weighted by atomic mass is 32.2. The van der Waals surface area contributed by atoms with Crippen molar-refractivity contribution in [2.24, 2.45) is 11.7 Å². The van der Waals surface area contributed by atoms with Gasteiger partial charge in [-0.3, -0.25) is 4.79 Å². The van der Waals surface area contributed by atoms with E-state index in [0.29, 0.717) is 6.54 Å². The number of carbonyl (C=O) groups excluding carboxylic acids is 1. The largest absolute Gasteiger partial charge is 0.341 e. The topological polar surface area (TPSA) is 93.4 Å². The summed E-state index contributed by atoms with van der Waals surface area (Å²) >= 11 is 1.51. The summed E-state index contributed by atoms with van der Waals surface area (Å²) in [5, 5.41) is 2.27. The predicted octanol–water partition coefficient (Wildman–Crippen LogP) is 0.935. The molecule has 0 bridgehead atoms. The van der Waals surface area contributed by atoms with Crippen LogP contribution in [-0.2, 0) is 21.1 Å².